The number of likely N-dealkylation sites (tertiary alicyclic amines) is 1. The van der Waals surface area contributed by atoms with Crippen LogP contribution in [0.3, 0.4) is 0 Å². The van der Waals surface area contributed by atoms with Crippen molar-refractivity contribution in [1.82, 2.24) is 20.4 Å². The molecule has 1 atom stereocenters. The van der Waals surface area contributed by atoms with Crippen LogP contribution >= 0.6 is 11.6 Å². The van der Waals surface area contributed by atoms with Crippen molar-refractivity contribution < 1.29 is 9.59 Å². The summed E-state index contributed by atoms with van der Waals surface area (Å²) in [5, 5.41) is 7.30. The van der Waals surface area contributed by atoms with Crippen molar-refractivity contribution >= 4 is 29.4 Å². The van der Waals surface area contributed by atoms with Crippen molar-refractivity contribution in [3.05, 3.63) is 34.9 Å². The fraction of sp³-hybridized carbons (Fsp3) is 0.571. The number of likely N-dealkylation sites (N-methyl/N-ethyl adjacent to an activating group) is 1. The van der Waals surface area contributed by atoms with Gasteiger partial charge in [0.05, 0.1) is 6.04 Å². The zero-order chi connectivity index (χ0) is 21.2. The number of nitrogens with zero attached hydrogens (tertiary/aromatic N) is 3. The predicted molar refractivity (Wildman–Crippen MR) is 117 cm³/mol. The average Bonchev–Trinajstić information content (AvgIpc) is 2.72. The smallest absolute Gasteiger partial charge is 0.229 e. The summed E-state index contributed by atoms with van der Waals surface area (Å²) in [6.45, 7) is 7.51. The van der Waals surface area contributed by atoms with Crippen molar-refractivity contribution in [3.63, 3.8) is 0 Å². The topological polar surface area (TPSA) is 77.0 Å². The van der Waals surface area contributed by atoms with Gasteiger partial charge in [0.15, 0.2) is 5.96 Å². The Hall–Kier alpha value is -2.12. The molecule has 29 heavy (non-hydrogen) atoms. The zero-order valence-corrected chi connectivity index (χ0v) is 18.3. The van der Waals surface area contributed by atoms with Crippen LogP contribution in [0.4, 0.5) is 0 Å². The van der Waals surface area contributed by atoms with E-state index in [1.165, 1.54) is 4.90 Å². The molecule has 1 aromatic carbocycles. The van der Waals surface area contributed by atoms with Crippen LogP contribution in [0.15, 0.2) is 29.3 Å². The molecular weight excluding hydrogens is 390 g/mol. The van der Waals surface area contributed by atoms with Gasteiger partial charge in [-0.15, -0.1) is 0 Å². The van der Waals surface area contributed by atoms with Crippen molar-refractivity contribution in [1.29, 1.82) is 0 Å². The molecule has 0 radical (unpaired) electrons. The maximum absolute atomic E-state index is 11.9. The number of hydrogen-bond acceptors (Lipinski definition) is 4. The van der Waals surface area contributed by atoms with E-state index in [1.54, 1.807) is 7.05 Å². The van der Waals surface area contributed by atoms with Gasteiger partial charge in [-0.25, -0.2) is 0 Å². The summed E-state index contributed by atoms with van der Waals surface area (Å²) in [6.07, 6.45) is 1.55. The summed E-state index contributed by atoms with van der Waals surface area (Å²) in [5.74, 6) is 0.448. The van der Waals surface area contributed by atoms with E-state index in [0.717, 1.165) is 23.7 Å². The highest BCUT2D eigenvalue weighted by molar-refractivity contribution is 6.31. The van der Waals surface area contributed by atoms with Crippen LogP contribution < -0.4 is 10.6 Å². The first-order chi connectivity index (χ1) is 14.0. The Labute approximate surface area is 178 Å². The first-order valence-corrected chi connectivity index (χ1v) is 10.7. The molecule has 2 rings (SSSR count). The van der Waals surface area contributed by atoms with Crippen LogP contribution in [0.25, 0.3) is 0 Å². The number of aliphatic imine (C=N–C) groups is 1. The van der Waals surface area contributed by atoms with Gasteiger partial charge in [0.2, 0.25) is 11.8 Å². The second kappa shape index (κ2) is 11.8. The van der Waals surface area contributed by atoms with Crippen LogP contribution in [0.5, 0.6) is 0 Å². The molecule has 7 nitrogen and oxygen atoms in total. The SMILES string of the molecule is CCN(CC)C(CNC(=NC)NCCN1C(=O)CCCC1=O)c1ccccc1Cl. The summed E-state index contributed by atoms with van der Waals surface area (Å²) < 4.78 is 0. The van der Waals surface area contributed by atoms with Gasteiger partial charge in [0.1, 0.15) is 0 Å². The van der Waals surface area contributed by atoms with Gasteiger partial charge >= 0.3 is 0 Å². The number of guanidine groups is 1. The molecule has 1 aromatic rings. The fourth-order valence-corrected chi connectivity index (χ4v) is 3.86. The van der Waals surface area contributed by atoms with Crippen molar-refractivity contribution in [2.24, 2.45) is 4.99 Å². The number of imide groups is 1. The molecule has 0 spiro atoms. The number of piperidine rings is 1. The lowest BCUT2D eigenvalue weighted by Gasteiger charge is -2.31. The molecule has 0 aromatic heterocycles. The maximum atomic E-state index is 11.9. The number of rotatable bonds is 9. The Morgan fingerprint density at radius 2 is 1.83 bits per heavy atom. The molecule has 160 valence electrons. The first kappa shape index (κ1) is 23.2. The minimum absolute atomic E-state index is 0.0914. The highest BCUT2D eigenvalue weighted by Gasteiger charge is 2.25. The second-order valence-electron chi connectivity index (χ2n) is 6.93. The molecule has 1 saturated heterocycles. The van der Waals surface area contributed by atoms with Crippen LogP contribution in [-0.2, 0) is 9.59 Å². The van der Waals surface area contributed by atoms with Crippen LogP contribution in [-0.4, -0.2) is 67.3 Å². The second-order valence-corrected chi connectivity index (χ2v) is 7.34. The van der Waals surface area contributed by atoms with Gasteiger partial charge in [-0.2, -0.15) is 0 Å². The predicted octanol–water partition coefficient (Wildman–Crippen LogP) is 2.43. The average molecular weight is 422 g/mol. The lowest BCUT2D eigenvalue weighted by Crippen LogP contribution is -2.47. The molecule has 1 unspecified atom stereocenters. The summed E-state index contributed by atoms with van der Waals surface area (Å²) in [4.78, 5) is 31.8. The lowest BCUT2D eigenvalue weighted by molar-refractivity contribution is -0.147. The molecule has 2 N–H and O–H groups in total. The normalized spacial score (nSPS) is 16.3. The number of hydrogen-bond donors (Lipinski definition) is 2. The van der Waals surface area contributed by atoms with Crippen molar-refractivity contribution in [2.75, 3.05) is 39.8 Å². The van der Waals surface area contributed by atoms with Gasteiger partial charge < -0.3 is 10.6 Å². The number of halogens is 1. The number of carbonyl (C=O) groups is 2. The minimum atomic E-state index is -0.0914. The number of nitrogens with one attached hydrogen (secondary N) is 2. The Kier molecular flexibility index (Phi) is 9.41. The summed E-state index contributed by atoms with van der Waals surface area (Å²) in [6, 6.07) is 7.99. The molecule has 1 heterocycles. The van der Waals surface area contributed by atoms with Gasteiger partial charge in [-0.05, 0) is 31.1 Å². The van der Waals surface area contributed by atoms with E-state index in [0.29, 0.717) is 44.9 Å². The molecule has 2 amide bonds. The molecule has 0 aliphatic carbocycles. The highest BCUT2D eigenvalue weighted by Crippen LogP contribution is 2.26. The summed E-state index contributed by atoms with van der Waals surface area (Å²) >= 11 is 6.45. The lowest BCUT2D eigenvalue weighted by atomic mass is 10.0. The monoisotopic (exact) mass is 421 g/mol. The van der Waals surface area contributed by atoms with E-state index in [2.05, 4.69) is 40.4 Å². The van der Waals surface area contributed by atoms with Gasteiger partial charge in [0, 0.05) is 44.5 Å². The Morgan fingerprint density at radius 3 is 2.41 bits per heavy atom. The summed E-state index contributed by atoms with van der Waals surface area (Å²) in [7, 11) is 1.70. The highest BCUT2D eigenvalue weighted by atomic mass is 35.5. The number of benzene rings is 1. The van der Waals surface area contributed by atoms with E-state index < -0.39 is 0 Å². The molecule has 0 saturated carbocycles. The Morgan fingerprint density at radius 1 is 1.17 bits per heavy atom. The van der Waals surface area contributed by atoms with Gasteiger partial charge in [-0.1, -0.05) is 43.6 Å². The van der Waals surface area contributed by atoms with E-state index in [1.807, 2.05) is 18.2 Å². The van der Waals surface area contributed by atoms with E-state index in [4.69, 9.17) is 11.6 Å². The van der Waals surface area contributed by atoms with Gasteiger partial charge in [0.25, 0.3) is 0 Å². The number of amides is 2. The molecule has 1 fully saturated rings. The van der Waals surface area contributed by atoms with Crippen LogP contribution in [0, 0.1) is 0 Å². The van der Waals surface area contributed by atoms with Crippen molar-refractivity contribution in [3.8, 4) is 0 Å². The van der Waals surface area contributed by atoms with Crippen LogP contribution in [0.2, 0.25) is 5.02 Å². The summed E-state index contributed by atoms with van der Waals surface area (Å²) in [5.41, 5.74) is 1.07. The first-order valence-electron chi connectivity index (χ1n) is 10.3. The van der Waals surface area contributed by atoms with E-state index >= 15 is 0 Å². The zero-order valence-electron chi connectivity index (χ0n) is 17.6. The van der Waals surface area contributed by atoms with E-state index in [-0.39, 0.29) is 17.9 Å². The standard InChI is InChI=1S/C21H32ClN5O2/c1-4-26(5-2)18(16-9-6-7-10-17(16)22)15-25-21(23-3)24-13-14-27-19(28)11-8-12-20(27)29/h6-7,9-10,18H,4-5,8,11-15H2,1-3H3,(H2,23,24,25). The van der Waals surface area contributed by atoms with Gasteiger partial charge in [-0.3, -0.25) is 24.4 Å². The molecule has 1 aliphatic heterocycles. The number of carbonyl (C=O) groups excluding carboxylic acids is 2. The molecule has 0 bridgehead atoms. The Bertz CT molecular complexity index is 705. The molecule has 1 aliphatic rings. The minimum Gasteiger partial charge on any atom is -0.355 e. The molecule has 8 heteroatoms. The quantitative estimate of drug-likeness (QED) is 0.364. The largest absolute Gasteiger partial charge is 0.355 e. The van der Waals surface area contributed by atoms with Crippen LogP contribution in [0.1, 0.15) is 44.7 Å². The third-order valence-corrected chi connectivity index (χ3v) is 5.56. The van der Waals surface area contributed by atoms with E-state index in [9.17, 15) is 9.59 Å². The fourth-order valence-electron chi connectivity index (χ4n) is 3.59. The third-order valence-electron chi connectivity index (χ3n) is 5.22. The maximum Gasteiger partial charge on any atom is 0.229 e. The Balaban J connectivity index is 1.95. The third kappa shape index (κ3) is 6.44. The molecular formula is C21H32ClN5O2. The van der Waals surface area contributed by atoms with Crippen molar-refractivity contribution in [2.45, 2.75) is 39.2 Å².